The monoisotopic (exact) mass is 247 g/mol. The molecule has 0 saturated carbocycles. The molecule has 2 aromatic rings. The molecule has 0 aliphatic rings. The number of halogens is 2. The summed E-state index contributed by atoms with van der Waals surface area (Å²) in [5.41, 5.74) is 3.90. The molecule has 18 heavy (non-hydrogen) atoms. The molecule has 0 amide bonds. The fraction of sp³-hybridized carbons (Fsp3) is 0.200. The average Bonchev–Trinajstić information content (AvgIpc) is 2.23. The highest BCUT2D eigenvalue weighted by Gasteiger charge is 2.01. The molecule has 2 aromatic carbocycles. The molecule has 2 rings (SSSR count). The molecule has 0 radical (unpaired) electrons. The molecule has 0 aromatic heterocycles. The predicted molar refractivity (Wildman–Crippen MR) is 69.6 cm³/mol. The number of nitrogens with one attached hydrogen (secondary N) is 1. The maximum absolute atomic E-state index is 13.0. The highest BCUT2D eigenvalue weighted by atomic mass is 19.1. The van der Waals surface area contributed by atoms with Crippen molar-refractivity contribution in [2.75, 3.05) is 5.32 Å². The molecule has 3 heteroatoms. The standard InChI is InChI=1S/C15H15F2N/c1-10-3-11(2)5-12(4-10)9-18-15-7-13(16)6-14(17)8-15/h3-8,18H,9H2,1-2H3. The van der Waals surface area contributed by atoms with Gasteiger partial charge in [-0.15, -0.1) is 0 Å². The molecule has 0 aliphatic heterocycles. The summed E-state index contributed by atoms with van der Waals surface area (Å²) in [7, 11) is 0. The van der Waals surface area contributed by atoms with Crippen molar-refractivity contribution in [1.82, 2.24) is 0 Å². The average molecular weight is 247 g/mol. The van der Waals surface area contributed by atoms with Crippen molar-refractivity contribution in [2.24, 2.45) is 0 Å². The van der Waals surface area contributed by atoms with E-state index in [4.69, 9.17) is 0 Å². The van der Waals surface area contributed by atoms with Crippen LogP contribution in [0.5, 0.6) is 0 Å². The SMILES string of the molecule is Cc1cc(C)cc(CNc2cc(F)cc(F)c2)c1. The first-order valence-electron chi connectivity index (χ1n) is 5.80. The summed E-state index contributed by atoms with van der Waals surface area (Å²) in [5.74, 6) is -1.14. The number of hydrogen-bond acceptors (Lipinski definition) is 1. The van der Waals surface area contributed by atoms with Gasteiger partial charge < -0.3 is 5.32 Å². The molecule has 0 heterocycles. The van der Waals surface area contributed by atoms with Crippen molar-refractivity contribution >= 4 is 5.69 Å². The Morgan fingerprint density at radius 3 is 1.94 bits per heavy atom. The lowest BCUT2D eigenvalue weighted by Crippen LogP contribution is -2.01. The number of hydrogen-bond donors (Lipinski definition) is 1. The number of anilines is 1. The summed E-state index contributed by atoms with van der Waals surface area (Å²) in [6, 6.07) is 9.62. The van der Waals surface area contributed by atoms with Crippen LogP contribution in [0.1, 0.15) is 16.7 Å². The maximum atomic E-state index is 13.0. The van der Waals surface area contributed by atoms with Crippen molar-refractivity contribution < 1.29 is 8.78 Å². The summed E-state index contributed by atoms with van der Waals surface area (Å²) < 4.78 is 26.0. The quantitative estimate of drug-likeness (QED) is 0.857. The van der Waals surface area contributed by atoms with Crippen LogP contribution in [0, 0.1) is 25.5 Å². The van der Waals surface area contributed by atoms with E-state index in [-0.39, 0.29) is 0 Å². The zero-order valence-corrected chi connectivity index (χ0v) is 10.4. The van der Waals surface area contributed by atoms with Crippen molar-refractivity contribution in [1.29, 1.82) is 0 Å². The molecular formula is C15H15F2N. The molecule has 94 valence electrons. The van der Waals surface area contributed by atoms with Gasteiger partial charge >= 0.3 is 0 Å². The van der Waals surface area contributed by atoms with Crippen molar-refractivity contribution in [3.63, 3.8) is 0 Å². The van der Waals surface area contributed by atoms with E-state index < -0.39 is 11.6 Å². The minimum atomic E-state index is -0.571. The Morgan fingerprint density at radius 1 is 0.833 bits per heavy atom. The first-order chi connectivity index (χ1) is 8.52. The van der Waals surface area contributed by atoms with Gasteiger partial charge in [0.1, 0.15) is 11.6 Å². The third kappa shape index (κ3) is 3.29. The van der Waals surface area contributed by atoms with Crippen LogP contribution in [0.2, 0.25) is 0 Å². The molecule has 1 nitrogen and oxygen atoms in total. The highest BCUT2D eigenvalue weighted by molar-refractivity contribution is 5.44. The van der Waals surface area contributed by atoms with E-state index in [0.717, 1.165) is 11.6 Å². The van der Waals surface area contributed by atoms with Gasteiger partial charge in [0.2, 0.25) is 0 Å². The molecule has 0 aliphatic carbocycles. The van der Waals surface area contributed by atoms with Gasteiger partial charge in [0.25, 0.3) is 0 Å². The Labute approximate surface area is 105 Å². The smallest absolute Gasteiger partial charge is 0.128 e. The maximum Gasteiger partial charge on any atom is 0.128 e. The Kier molecular flexibility index (Phi) is 3.60. The zero-order valence-electron chi connectivity index (χ0n) is 10.4. The summed E-state index contributed by atoms with van der Waals surface area (Å²) >= 11 is 0. The Morgan fingerprint density at radius 2 is 1.39 bits per heavy atom. The number of rotatable bonds is 3. The first-order valence-corrected chi connectivity index (χ1v) is 5.80. The summed E-state index contributed by atoms with van der Waals surface area (Å²) in [6.07, 6.45) is 0. The van der Waals surface area contributed by atoms with Crippen molar-refractivity contribution in [3.05, 3.63) is 64.7 Å². The van der Waals surface area contributed by atoms with E-state index in [9.17, 15) is 8.78 Å². The van der Waals surface area contributed by atoms with Gasteiger partial charge in [-0.3, -0.25) is 0 Å². The summed E-state index contributed by atoms with van der Waals surface area (Å²) in [5, 5.41) is 3.02. The van der Waals surface area contributed by atoms with Crippen LogP contribution in [-0.2, 0) is 6.54 Å². The minimum absolute atomic E-state index is 0.451. The molecule has 0 bridgehead atoms. The van der Waals surface area contributed by atoms with E-state index in [1.165, 1.54) is 23.3 Å². The van der Waals surface area contributed by atoms with Crippen LogP contribution in [0.25, 0.3) is 0 Å². The van der Waals surface area contributed by atoms with Crippen LogP contribution in [0.4, 0.5) is 14.5 Å². The normalized spacial score (nSPS) is 10.4. The Hall–Kier alpha value is -1.90. The summed E-state index contributed by atoms with van der Waals surface area (Å²) in [4.78, 5) is 0. The third-order valence-corrected chi connectivity index (χ3v) is 2.64. The molecule has 0 spiro atoms. The van der Waals surface area contributed by atoms with E-state index in [2.05, 4.69) is 23.5 Å². The van der Waals surface area contributed by atoms with Crippen LogP contribution in [0.3, 0.4) is 0 Å². The van der Waals surface area contributed by atoms with Crippen LogP contribution < -0.4 is 5.32 Å². The predicted octanol–water partition coefficient (Wildman–Crippen LogP) is 4.19. The van der Waals surface area contributed by atoms with Gasteiger partial charge in [-0.05, 0) is 31.5 Å². The second-order valence-electron chi connectivity index (χ2n) is 4.51. The lowest BCUT2D eigenvalue weighted by Gasteiger charge is -2.08. The molecule has 0 fully saturated rings. The van der Waals surface area contributed by atoms with Crippen LogP contribution in [-0.4, -0.2) is 0 Å². The summed E-state index contributed by atoms with van der Waals surface area (Å²) in [6.45, 7) is 4.60. The lowest BCUT2D eigenvalue weighted by atomic mass is 10.1. The molecule has 0 atom stereocenters. The molecule has 0 saturated heterocycles. The van der Waals surface area contributed by atoms with Gasteiger partial charge in [0.05, 0.1) is 0 Å². The van der Waals surface area contributed by atoms with Gasteiger partial charge in [0.15, 0.2) is 0 Å². The number of benzene rings is 2. The van der Waals surface area contributed by atoms with Gasteiger partial charge in [-0.25, -0.2) is 8.78 Å². The van der Waals surface area contributed by atoms with Gasteiger partial charge in [0, 0.05) is 18.3 Å². The Balaban J connectivity index is 2.11. The fourth-order valence-electron chi connectivity index (χ4n) is 2.03. The largest absolute Gasteiger partial charge is 0.381 e. The van der Waals surface area contributed by atoms with E-state index >= 15 is 0 Å². The zero-order chi connectivity index (χ0) is 13.1. The van der Waals surface area contributed by atoms with E-state index in [1.54, 1.807) is 0 Å². The van der Waals surface area contributed by atoms with Crippen molar-refractivity contribution in [3.8, 4) is 0 Å². The topological polar surface area (TPSA) is 12.0 Å². The van der Waals surface area contributed by atoms with Crippen LogP contribution in [0.15, 0.2) is 36.4 Å². The molecule has 1 N–H and O–H groups in total. The van der Waals surface area contributed by atoms with Gasteiger partial charge in [-0.2, -0.15) is 0 Å². The molecule has 0 unspecified atom stereocenters. The van der Waals surface area contributed by atoms with Crippen molar-refractivity contribution in [2.45, 2.75) is 20.4 Å². The second-order valence-corrected chi connectivity index (χ2v) is 4.51. The van der Waals surface area contributed by atoms with Crippen LogP contribution >= 0.6 is 0 Å². The Bertz CT molecular complexity index is 472. The second kappa shape index (κ2) is 5.17. The fourth-order valence-corrected chi connectivity index (χ4v) is 2.03. The minimum Gasteiger partial charge on any atom is -0.381 e. The van der Waals surface area contributed by atoms with E-state index in [1.807, 2.05) is 13.8 Å². The molecular weight excluding hydrogens is 232 g/mol. The highest BCUT2D eigenvalue weighted by Crippen LogP contribution is 2.15. The lowest BCUT2D eigenvalue weighted by molar-refractivity contribution is 0.584. The van der Waals surface area contributed by atoms with Gasteiger partial charge in [-0.1, -0.05) is 29.3 Å². The number of aryl methyl sites for hydroxylation is 2. The first kappa shape index (κ1) is 12.6. The third-order valence-electron chi connectivity index (χ3n) is 2.64. The van der Waals surface area contributed by atoms with E-state index in [0.29, 0.717) is 12.2 Å².